The molecule has 0 aromatic heterocycles. The lowest BCUT2D eigenvalue weighted by Crippen LogP contribution is -2.39. The van der Waals surface area contributed by atoms with Crippen LogP contribution in [0.3, 0.4) is 0 Å². The van der Waals surface area contributed by atoms with Crippen LogP contribution in [0.25, 0.3) is 0 Å². The highest BCUT2D eigenvalue weighted by molar-refractivity contribution is 5.36. The molecule has 1 fully saturated rings. The van der Waals surface area contributed by atoms with Gasteiger partial charge in [0.2, 0.25) is 0 Å². The molecular formula is C13H17F2NO. The fourth-order valence-electron chi connectivity index (χ4n) is 2.52. The summed E-state index contributed by atoms with van der Waals surface area (Å²) >= 11 is 0. The van der Waals surface area contributed by atoms with E-state index in [4.69, 9.17) is 10.5 Å². The van der Waals surface area contributed by atoms with E-state index in [1.165, 1.54) is 13.2 Å². The molecule has 1 aromatic rings. The maximum atomic E-state index is 13.8. The van der Waals surface area contributed by atoms with Crippen LogP contribution in [0.15, 0.2) is 12.1 Å². The Kier molecular flexibility index (Phi) is 3.33. The van der Waals surface area contributed by atoms with Crippen LogP contribution in [0.2, 0.25) is 0 Å². The van der Waals surface area contributed by atoms with E-state index in [-0.39, 0.29) is 5.75 Å². The first-order valence-electron chi connectivity index (χ1n) is 5.89. The molecule has 0 spiro atoms. The highest BCUT2D eigenvalue weighted by Gasteiger charge is 2.32. The van der Waals surface area contributed by atoms with Crippen molar-refractivity contribution in [3.63, 3.8) is 0 Å². The monoisotopic (exact) mass is 241 g/mol. The standard InChI is InChI=1S/C13H17F2NO/c1-17-12-7-9(10(14)8-11(12)15)13(16)5-3-2-4-6-13/h7-8H,2-6,16H2,1H3. The summed E-state index contributed by atoms with van der Waals surface area (Å²) in [6, 6.07) is 2.26. The van der Waals surface area contributed by atoms with Crippen molar-refractivity contribution in [2.75, 3.05) is 7.11 Å². The van der Waals surface area contributed by atoms with Gasteiger partial charge < -0.3 is 10.5 Å². The van der Waals surface area contributed by atoms with Gasteiger partial charge in [-0.2, -0.15) is 0 Å². The van der Waals surface area contributed by atoms with Crippen molar-refractivity contribution in [1.29, 1.82) is 0 Å². The summed E-state index contributed by atoms with van der Waals surface area (Å²) in [4.78, 5) is 0. The van der Waals surface area contributed by atoms with E-state index in [0.29, 0.717) is 5.56 Å². The topological polar surface area (TPSA) is 35.2 Å². The van der Waals surface area contributed by atoms with E-state index in [9.17, 15) is 8.78 Å². The third kappa shape index (κ3) is 2.27. The molecule has 0 aliphatic heterocycles. The van der Waals surface area contributed by atoms with Gasteiger partial charge in [-0.3, -0.25) is 0 Å². The molecule has 94 valence electrons. The first-order valence-corrected chi connectivity index (χ1v) is 5.89. The molecule has 4 heteroatoms. The lowest BCUT2D eigenvalue weighted by atomic mass is 9.77. The molecule has 0 atom stereocenters. The SMILES string of the molecule is COc1cc(C2(N)CCCCC2)c(F)cc1F. The normalized spacial score (nSPS) is 19.1. The van der Waals surface area contributed by atoms with Gasteiger partial charge in [-0.1, -0.05) is 19.3 Å². The lowest BCUT2D eigenvalue weighted by Gasteiger charge is -2.34. The summed E-state index contributed by atoms with van der Waals surface area (Å²) in [6.07, 6.45) is 4.56. The Balaban J connectivity index is 2.43. The number of benzene rings is 1. The Morgan fingerprint density at radius 3 is 2.35 bits per heavy atom. The first-order chi connectivity index (χ1) is 8.07. The van der Waals surface area contributed by atoms with Crippen LogP contribution in [-0.2, 0) is 5.54 Å². The van der Waals surface area contributed by atoms with Gasteiger partial charge in [0.25, 0.3) is 0 Å². The zero-order chi connectivity index (χ0) is 12.5. The lowest BCUT2D eigenvalue weighted by molar-refractivity contribution is 0.289. The molecule has 0 amide bonds. The summed E-state index contributed by atoms with van der Waals surface area (Å²) in [5, 5.41) is 0. The summed E-state index contributed by atoms with van der Waals surface area (Å²) in [7, 11) is 1.37. The van der Waals surface area contributed by atoms with Gasteiger partial charge >= 0.3 is 0 Å². The Bertz CT molecular complexity index is 414. The molecule has 0 unspecified atom stereocenters. The van der Waals surface area contributed by atoms with Crippen LogP contribution < -0.4 is 10.5 Å². The third-order valence-corrected chi connectivity index (χ3v) is 3.52. The van der Waals surface area contributed by atoms with Crippen molar-refractivity contribution in [2.24, 2.45) is 5.73 Å². The average Bonchev–Trinajstić information content (AvgIpc) is 2.30. The van der Waals surface area contributed by atoms with E-state index in [1.54, 1.807) is 0 Å². The van der Waals surface area contributed by atoms with Crippen LogP contribution in [-0.4, -0.2) is 7.11 Å². The molecule has 1 aliphatic carbocycles. The molecule has 2 N–H and O–H groups in total. The number of methoxy groups -OCH3 is 1. The molecule has 0 heterocycles. The number of halogens is 2. The zero-order valence-corrected chi connectivity index (χ0v) is 9.93. The Morgan fingerprint density at radius 1 is 1.12 bits per heavy atom. The minimum Gasteiger partial charge on any atom is -0.494 e. The van der Waals surface area contributed by atoms with E-state index >= 15 is 0 Å². The second kappa shape index (κ2) is 4.61. The van der Waals surface area contributed by atoms with Crippen LogP contribution in [0.1, 0.15) is 37.7 Å². The third-order valence-electron chi connectivity index (χ3n) is 3.52. The maximum absolute atomic E-state index is 13.8. The molecule has 1 saturated carbocycles. The van der Waals surface area contributed by atoms with Gasteiger partial charge in [0.15, 0.2) is 11.6 Å². The molecular weight excluding hydrogens is 224 g/mol. The van der Waals surface area contributed by atoms with Crippen molar-refractivity contribution >= 4 is 0 Å². The Hall–Kier alpha value is -1.16. The number of hydrogen-bond donors (Lipinski definition) is 1. The fraction of sp³-hybridized carbons (Fsp3) is 0.538. The predicted octanol–water partition coefficient (Wildman–Crippen LogP) is 3.09. The number of nitrogens with two attached hydrogens (primary N) is 1. The van der Waals surface area contributed by atoms with E-state index < -0.39 is 17.2 Å². The molecule has 0 radical (unpaired) electrons. The van der Waals surface area contributed by atoms with E-state index in [2.05, 4.69) is 0 Å². The molecule has 2 rings (SSSR count). The molecule has 0 bridgehead atoms. The summed E-state index contributed by atoms with van der Waals surface area (Å²) in [6.45, 7) is 0. The van der Waals surface area contributed by atoms with Crippen molar-refractivity contribution < 1.29 is 13.5 Å². The molecule has 17 heavy (non-hydrogen) atoms. The van der Waals surface area contributed by atoms with Crippen molar-refractivity contribution in [2.45, 2.75) is 37.6 Å². The average molecular weight is 241 g/mol. The van der Waals surface area contributed by atoms with E-state index in [0.717, 1.165) is 38.2 Å². The van der Waals surface area contributed by atoms with Crippen LogP contribution in [0.4, 0.5) is 8.78 Å². The number of rotatable bonds is 2. The Labute approximate surface area is 99.8 Å². The smallest absolute Gasteiger partial charge is 0.167 e. The minimum atomic E-state index is -0.687. The second-order valence-electron chi connectivity index (χ2n) is 4.68. The van der Waals surface area contributed by atoms with Gasteiger partial charge in [-0.05, 0) is 18.9 Å². The second-order valence-corrected chi connectivity index (χ2v) is 4.68. The minimum absolute atomic E-state index is 0.0526. The van der Waals surface area contributed by atoms with Gasteiger partial charge in [0, 0.05) is 17.2 Å². The van der Waals surface area contributed by atoms with Crippen LogP contribution in [0, 0.1) is 11.6 Å². The largest absolute Gasteiger partial charge is 0.494 e. The summed E-state index contributed by atoms with van der Waals surface area (Å²) in [5.74, 6) is -1.21. The summed E-state index contributed by atoms with van der Waals surface area (Å²) in [5.41, 5.74) is 5.93. The molecule has 2 nitrogen and oxygen atoms in total. The van der Waals surface area contributed by atoms with Crippen molar-refractivity contribution in [3.05, 3.63) is 29.3 Å². The highest BCUT2D eigenvalue weighted by Crippen LogP contribution is 2.38. The van der Waals surface area contributed by atoms with Crippen molar-refractivity contribution in [3.8, 4) is 5.75 Å². The van der Waals surface area contributed by atoms with Gasteiger partial charge in [-0.25, -0.2) is 8.78 Å². The maximum Gasteiger partial charge on any atom is 0.167 e. The van der Waals surface area contributed by atoms with Gasteiger partial charge in [0.05, 0.1) is 7.11 Å². The number of ether oxygens (including phenoxy) is 1. The van der Waals surface area contributed by atoms with Crippen LogP contribution >= 0.6 is 0 Å². The molecule has 1 aromatic carbocycles. The fourth-order valence-corrected chi connectivity index (χ4v) is 2.52. The first kappa shape index (κ1) is 12.3. The van der Waals surface area contributed by atoms with Gasteiger partial charge in [0.1, 0.15) is 5.82 Å². The summed E-state index contributed by atoms with van der Waals surface area (Å²) < 4.78 is 32.0. The number of hydrogen-bond acceptors (Lipinski definition) is 2. The van der Waals surface area contributed by atoms with Crippen molar-refractivity contribution in [1.82, 2.24) is 0 Å². The van der Waals surface area contributed by atoms with Crippen LogP contribution in [0.5, 0.6) is 5.75 Å². The Morgan fingerprint density at radius 2 is 1.76 bits per heavy atom. The predicted molar refractivity (Wildman–Crippen MR) is 61.9 cm³/mol. The molecule has 1 aliphatic rings. The zero-order valence-electron chi connectivity index (χ0n) is 9.93. The van der Waals surface area contributed by atoms with Gasteiger partial charge in [-0.15, -0.1) is 0 Å². The molecule has 0 saturated heterocycles. The quantitative estimate of drug-likeness (QED) is 0.863. The highest BCUT2D eigenvalue weighted by atomic mass is 19.1. The van der Waals surface area contributed by atoms with E-state index in [1.807, 2.05) is 0 Å².